The second-order valence-corrected chi connectivity index (χ2v) is 6.57. The standard InChI is InChI=1S/C14H17F2N3S/c1-10(20-19-6-3-14(15,16)4-7-19)12-8-11-2-5-17-13(11)18-9-12/h2,5,8-9,20H,3-4,6-7H2,1H3,(H,17,18). The molecule has 3 heterocycles. The molecule has 1 N–H and O–H groups in total. The molecule has 2 aromatic rings. The fourth-order valence-electron chi connectivity index (χ4n) is 2.33. The largest absolute Gasteiger partial charge is 0.346 e. The minimum Gasteiger partial charge on any atom is -0.346 e. The third kappa shape index (κ3) is 2.91. The van der Waals surface area contributed by atoms with Crippen LogP contribution in [0.25, 0.3) is 11.0 Å². The van der Waals surface area contributed by atoms with Crippen LogP contribution in [0, 0.1) is 0 Å². The molecule has 0 bridgehead atoms. The monoisotopic (exact) mass is 297 g/mol. The van der Waals surface area contributed by atoms with E-state index in [2.05, 4.69) is 20.3 Å². The van der Waals surface area contributed by atoms with Gasteiger partial charge < -0.3 is 4.98 Å². The van der Waals surface area contributed by atoms with E-state index in [0.717, 1.165) is 33.0 Å². The smallest absolute Gasteiger partial charge is 0.250 e. The summed E-state index contributed by atoms with van der Waals surface area (Å²) >= 11 is 1.00. The Morgan fingerprint density at radius 2 is 2.15 bits per heavy atom. The van der Waals surface area contributed by atoms with Crippen LogP contribution in [0.2, 0.25) is 0 Å². The van der Waals surface area contributed by atoms with Gasteiger partial charge in [-0.1, -0.05) is 0 Å². The summed E-state index contributed by atoms with van der Waals surface area (Å²) in [6.07, 6.45) is 3.62. The molecule has 0 radical (unpaired) electrons. The van der Waals surface area contributed by atoms with Crippen LogP contribution in [-0.4, -0.2) is 38.1 Å². The topological polar surface area (TPSA) is 31.9 Å². The van der Waals surface area contributed by atoms with Crippen LogP contribution in [0.1, 0.15) is 25.3 Å². The number of hydrogen-bond acceptors (Lipinski definition) is 2. The molecule has 0 aromatic carbocycles. The normalized spacial score (nSPS) is 20.9. The first-order chi connectivity index (χ1) is 9.53. The zero-order valence-corrected chi connectivity index (χ0v) is 12.1. The van der Waals surface area contributed by atoms with Gasteiger partial charge in [-0.05, 0) is 23.9 Å². The molecule has 20 heavy (non-hydrogen) atoms. The number of H-pyrrole nitrogens is 1. The van der Waals surface area contributed by atoms with Crippen molar-refractivity contribution in [2.45, 2.75) is 25.7 Å². The van der Waals surface area contributed by atoms with Crippen molar-refractivity contribution in [1.82, 2.24) is 14.3 Å². The number of thiol groups is 1. The molecule has 0 atom stereocenters. The van der Waals surface area contributed by atoms with Crippen LogP contribution in [0.15, 0.2) is 24.5 Å². The van der Waals surface area contributed by atoms with Gasteiger partial charge in [0, 0.05) is 49.3 Å². The summed E-state index contributed by atoms with van der Waals surface area (Å²) < 4.78 is 28.3. The molecule has 0 aliphatic carbocycles. The number of nitrogens with one attached hydrogen (secondary N) is 1. The van der Waals surface area contributed by atoms with Crippen molar-refractivity contribution in [2.24, 2.45) is 0 Å². The van der Waals surface area contributed by atoms with Crippen LogP contribution >= 0.6 is 11.5 Å². The van der Waals surface area contributed by atoms with E-state index in [1.54, 1.807) is 0 Å². The molecule has 6 heteroatoms. The third-order valence-corrected chi connectivity index (χ3v) is 4.82. The summed E-state index contributed by atoms with van der Waals surface area (Å²) in [6, 6.07) is 4.07. The number of fused-ring (bicyclic) bond motifs is 1. The average molecular weight is 297 g/mol. The molecule has 3 rings (SSSR count). The first-order valence-electron chi connectivity index (χ1n) is 6.65. The number of halogens is 2. The fourth-order valence-corrected chi connectivity index (χ4v) is 3.39. The lowest BCUT2D eigenvalue weighted by molar-refractivity contribution is -0.0396. The molecular formula is C14H17F2N3S. The van der Waals surface area contributed by atoms with Crippen LogP contribution in [0.3, 0.4) is 0 Å². The summed E-state index contributed by atoms with van der Waals surface area (Å²) in [7, 11) is 0. The summed E-state index contributed by atoms with van der Waals surface area (Å²) in [5, 5.41) is 1.07. The maximum absolute atomic E-state index is 13.1. The molecule has 1 aliphatic rings. The highest BCUT2D eigenvalue weighted by molar-refractivity contribution is 7.96. The lowest BCUT2D eigenvalue weighted by Crippen LogP contribution is -2.35. The maximum Gasteiger partial charge on any atom is 0.250 e. The molecule has 0 spiro atoms. The van der Waals surface area contributed by atoms with Gasteiger partial charge in [-0.15, -0.1) is 11.5 Å². The number of piperidine rings is 1. The lowest BCUT2D eigenvalue weighted by Gasteiger charge is -2.29. The van der Waals surface area contributed by atoms with E-state index >= 15 is 0 Å². The SMILES string of the molecule is CC(=[SH]N1CCC(F)(F)CC1)c1cnc2[nH]ccc2c1. The predicted molar refractivity (Wildman–Crippen MR) is 80.6 cm³/mol. The molecule has 1 fully saturated rings. The molecule has 0 amide bonds. The fraction of sp³-hybridized carbons (Fsp3) is 0.429. The minimum absolute atomic E-state index is 0.0393. The zero-order chi connectivity index (χ0) is 14.2. The van der Waals surface area contributed by atoms with Gasteiger partial charge in [-0.25, -0.2) is 13.8 Å². The van der Waals surface area contributed by atoms with E-state index < -0.39 is 5.92 Å². The highest BCUT2D eigenvalue weighted by Gasteiger charge is 2.33. The Morgan fingerprint density at radius 3 is 2.90 bits per heavy atom. The first kappa shape index (κ1) is 13.7. The molecule has 1 saturated heterocycles. The Balaban J connectivity index is 1.77. The summed E-state index contributed by atoms with van der Waals surface area (Å²) in [6.45, 7) is 2.93. The van der Waals surface area contributed by atoms with E-state index in [1.807, 2.05) is 25.4 Å². The molecule has 2 aromatic heterocycles. The number of alkyl halides is 2. The van der Waals surface area contributed by atoms with E-state index in [4.69, 9.17) is 0 Å². The van der Waals surface area contributed by atoms with Crippen molar-refractivity contribution in [2.75, 3.05) is 13.1 Å². The number of hydrogen-bond donors (Lipinski definition) is 2. The van der Waals surface area contributed by atoms with Crippen molar-refractivity contribution in [1.29, 1.82) is 0 Å². The quantitative estimate of drug-likeness (QED) is 0.507. The van der Waals surface area contributed by atoms with Crippen LogP contribution in [0.5, 0.6) is 0 Å². The summed E-state index contributed by atoms with van der Waals surface area (Å²) in [5.41, 5.74) is 1.94. The number of nitrogens with zero attached hydrogens (tertiary/aromatic N) is 2. The Hall–Kier alpha value is -1.27. The van der Waals surface area contributed by atoms with Gasteiger partial charge >= 0.3 is 0 Å². The predicted octanol–water partition coefficient (Wildman–Crippen LogP) is 3.21. The van der Waals surface area contributed by atoms with Crippen molar-refractivity contribution in [3.05, 3.63) is 30.1 Å². The van der Waals surface area contributed by atoms with E-state index in [1.165, 1.54) is 0 Å². The molecule has 1 aliphatic heterocycles. The number of aromatic nitrogens is 2. The lowest BCUT2D eigenvalue weighted by atomic mass is 10.1. The molecule has 3 nitrogen and oxygen atoms in total. The first-order valence-corrected chi connectivity index (χ1v) is 7.50. The van der Waals surface area contributed by atoms with Gasteiger partial charge in [0.2, 0.25) is 0 Å². The van der Waals surface area contributed by atoms with E-state index in [-0.39, 0.29) is 12.8 Å². The van der Waals surface area contributed by atoms with Crippen LogP contribution in [-0.2, 0) is 0 Å². The Labute approximate surface area is 120 Å². The third-order valence-electron chi connectivity index (χ3n) is 3.58. The van der Waals surface area contributed by atoms with Gasteiger partial charge in [0.25, 0.3) is 5.92 Å². The van der Waals surface area contributed by atoms with Gasteiger partial charge in [0.1, 0.15) is 5.65 Å². The highest BCUT2D eigenvalue weighted by Crippen LogP contribution is 2.29. The molecular weight excluding hydrogens is 280 g/mol. The summed E-state index contributed by atoms with van der Waals surface area (Å²) in [5.74, 6) is -2.48. The van der Waals surface area contributed by atoms with E-state index in [9.17, 15) is 8.78 Å². The van der Waals surface area contributed by atoms with Crippen molar-refractivity contribution in [3.8, 4) is 0 Å². The van der Waals surface area contributed by atoms with Gasteiger partial charge in [-0.2, -0.15) is 0 Å². The number of pyridine rings is 1. The van der Waals surface area contributed by atoms with Gasteiger partial charge in [0.15, 0.2) is 0 Å². The maximum atomic E-state index is 13.1. The number of rotatable bonds is 2. The van der Waals surface area contributed by atoms with Gasteiger partial charge in [-0.3, -0.25) is 4.31 Å². The van der Waals surface area contributed by atoms with Crippen molar-refractivity contribution < 1.29 is 8.78 Å². The summed E-state index contributed by atoms with van der Waals surface area (Å²) in [4.78, 5) is 8.56. The van der Waals surface area contributed by atoms with Crippen LogP contribution < -0.4 is 0 Å². The van der Waals surface area contributed by atoms with Crippen LogP contribution in [0.4, 0.5) is 8.78 Å². The van der Waals surface area contributed by atoms with Gasteiger partial charge in [0.05, 0.1) is 0 Å². The Morgan fingerprint density at radius 1 is 1.40 bits per heavy atom. The Kier molecular flexibility index (Phi) is 3.60. The second-order valence-electron chi connectivity index (χ2n) is 5.13. The van der Waals surface area contributed by atoms with Crippen molar-refractivity contribution >= 4 is 27.4 Å². The van der Waals surface area contributed by atoms with E-state index in [0.29, 0.717) is 13.1 Å². The second kappa shape index (κ2) is 5.26. The highest BCUT2D eigenvalue weighted by atomic mass is 32.1. The zero-order valence-electron chi connectivity index (χ0n) is 11.2. The van der Waals surface area contributed by atoms with Crippen molar-refractivity contribution in [3.63, 3.8) is 0 Å². The minimum atomic E-state index is -2.48. The molecule has 0 unspecified atom stereocenters. The molecule has 108 valence electrons. The number of aromatic amines is 1. The average Bonchev–Trinajstić information content (AvgIpc) is 2.88. The molecule has 0 saturated carbocycles. The Bertz CT molecular complexity index is 641.